The van der Waals surface area contributed by atoms with Gasteiger partial charge in [-0.05, 0) is 24.5 Å². The van der Waals surface area contributed by atoms with Crippen LogP contribution in [0.15, 0.2) is 40.3 Å². The van der Waals surface area contributed by atoms with E-state index in [9.17, 15) is 14.7 Å². The summed E-state index contributed by atoms with van der Waals surface area (Å²) < 4.78 is 7.61. The summed E-state index contributed by atoms with van der Waals surface area (Å²) in [6.07, 6.45) is 1.53. The molecule has 1 aliphatic rings. The number of hydrogen-bond acceptors (Lipinski definition) is 7. The van der Waals surface area contributed by atoms with Gasteiger partial charge in [0.05, 0.1) is 30.1 Å². The number of carboxylic acid groups (broad SMARTS) is 1. The van der Waals surface area contributed by atoms with Gasteiger partial charge in [0.1, 0.15) is 4.83 Å². The van der Waals surface area contributed by atoms with Gasteiger partial charge in [0.15, 0.2) is 5.16 Å². The Morgan fingerprint density at radius 1 is 1.38 bits per heavy atom. The lowest BCUT2D eigenvalue weighted by Crippen LogP contribution is -2.34. The molecular formula is C21H21N2O4S2-. The zero-order valence-electron chi connectivity index (χ0n) is 16.3. The Morgan fingerprint density at radius 2 is 2.14 bits per heavy atom. The van der Waals surface area contributed by atoms with Crippen LogP contribution in [0.5, 0.6) is 0 Å². The van der Waals surface area contributed by atoms with Gasteiger partial charge in [-0.25, -0.2) is 4.98 Å². The molecule has 0 spiro atoms. The average Bonchev–Trinajstić information content (AvgIpc) is 3.07. The standard InChI is InChI=1S/C21H22N2O4S2/c1-3-21(2)9-14-15(11-27-21)29-18-17(14)19(26)23(10-13-7-5-4-6-8-13)20(22-18)28-12-16(24)25/h4-8H,3,9-12H2,1-2H3,(H,24,25)/p-1/t21-/m1/s1. The van der Waals surface area contributed by atoms with Crippen LogP contribution in [0.4, 0.5) is 0 Å². The summed E-state index contributed by atoms with van der Waals surface area (Å²) in [5.74, 6) is -1.44. The molecule has 8 heteroatoms. The van der Waals surface area contributed by atoms with Crippen molar-refractivity contribution in [3.63, 3.8) is 0 Å². The predicted octanol–water partition coefficient (Wildman–Crippen LogP) is 2.59. The van der Waals surface area contributed by atoms with Crippen molar-refractivity contribution in [1.82, 2.24) is 9.55 Å². The summed E-state index contributed by atoms with van der Waals surface area (Å²) >= 11 is 2.48. The van der Waals surface area contributed by atoms with Crippen LogP contribution >= 0.6 is 23.1 Å². The maximum absolute atomic E-state index is 13.5. The second-order valence-electron chi connectivity index (χ2n) is 7.38. The fourth-order valence-electron chi connectivity index (χ4n) is 3.50. The third kappa shape index (κ3) is 3.97. The Morgan fingerprint density at radius 3 is 2.83 bits per heavy atom. The van der Waals surface area contributed by atoms with Gasteiger partial charge in [-0.15, -0.1) is 11.3 Å². The summed E-state index contributed by atoms with van der Waals surface area (Å²) in [5, 5.41) is 12.0. The first-order valence-corrected chi connectivity index (χ1v) is 11.3. The highest BCUT2D eigenvalue weighted by atomic mass is 32.2. The molecule has 4 rings (SSSR count). The maximum atomic E-state index is 13.5. The number of ether oxygens (including phenoxy) is 1. The van der Waals surface area contributed by atoms with Crippen molar-refractivity contribution < 1.29 is 14.6 Å². The molecule has 0 N–H and O–H groups in total. The number of rotatable bonds is 6. The molecule has 0 radical (unpaired) electrons. The molecule has 1 aromatic carbocycles. The van der Waals surface area contributed by atoms with Crippen molar-refractivity contribution >= 4 is 39.3 Å². The largest absolute Gasteiger partial charge is 0.549 e. The highest BCUT2D eigenvalue weighted by molar-refractivity contribution is 7.99. The summed E-state index contributed by atoms with van der Waals surface area (Å²) in [6.45, 7) is 4.96. The number of carbonyl (C=O) groups excluding carboxylic acids is 1. The minimum absolute atomic E-state index is 0.127. The van der Waals surface area contributed by atoms with E-state index < -0.39 is 5.97 Å². The van der Waals surface area contributed by atoms with E-state index in [1.807, 2.05) is 30.3 Å². The molecule has 6 nitrogen and oxygen atoms in total. The number of nitrogens with zero attached hydrogens (tertiary/aromatic N) is 2. The lowest BCUT2D eigenvalue weighted by atomic mass is 9.90. The van der Waals surface area contributed by atoms with E-state index in [4.69, 9.17) is 4.74 Å². The van der Waals surface area contributed by atoms with Crippen molar-refractivity contribution in [3.05, 3.63) is 56.7 Å². The van der Waals surface area contributed by atoms with Crippen molar-refractivity contribution in [2.24, 2.45) is 0 Å². The van der Waals surface area contributed by atoms with Gasteiger partial charge in [-0.1, -0.05) is 49.0 Å². The van der Waals surface area contributed by atoms with Crippen LogP contribution in [0.3, 0.4) is 0 Å². The highest BCUT2D eigenvalue weighted by Crippen LogP contribution is 2.38. The minimum atomic E-state index is -1.19. The van der Waals surface area contributed by atoms with Gasteiger partial charge in [0, 0.05) is 17.1 Å². The molecule has 29 heavy (non-hydrogen) atoms. The Labute approximate surface area is 176 Å². The molecule has 152 valence electrons. The van der Waals surface area contributed by atoms with Crippen molar-refractivity contribution in [1.29, 1.82) is 0 Å². The molecule has 0 unspecified atom stereocenters. The zero-order chi connectivity index (χ0) is 20.6. The SMILES string of the molecule is CC[C@]1(C)Cc2c(sc3nc(SCC(=O)[O-])n(Cc4ccccc4)c(=O)c23)CO1. The molecule has 1 aliphatic heterocycles. The molecule has 0 amide bonds. The summed E-state index contributed by atoms with van der Waals surface area (Å²) in [4.78, 5) is 30.9. The number of benzene rings is 1. The zero-order valence-corrected chi connectivity index (χ0v) is 17.9. The molecule has 3 aromatic rings. The van der Waals surface area contributed by atoms with E-state index in [-0.39, 0.29) is 16.9 Å². The highest BCUT2D eigenvalue weighted by Gasteiger charge is 2.33. The summed E-state index contributed by atoms with van der Waals surface area (Å²) in [7, 11) is 0. The molecule has 0 bridgehead atoms. The number of aromatic nitrogens is 2. The van der Waals surface area contributed by atoms with Gasteiger partial charge in [-0.3, -0.25) is 9.36 Å². The summed E-state index contributed by atoms with van der Waals surface area (Å²) in [5.41, 5.74) is 1.56. The number of aliphatic carboxylic acids is 1. The van der Waals surface area contributed by atoms with E-state index in [0.717, 1.165) is 34.2 Å². The molecule has 2 aromatic heterocycles. The van der Waals surface area contributed by atoms with Gasteiger partial charge in [0.2, 0.25) is 0 Å². The molecule has 0 fully saturated rings. The number of carbonyl (C=O) groups is 1. The normalized spacial score (nSPS) is 18.7. The fourth-order valence-corrected chi connectivity index (χ4v) is 5.36. The third-order valence-electron chi connectivity index (χ3n) is 5.31. The van der Waals surface area contributed by atoms with Gasteiger partial charge in [-0.2, -0.15) is 0 Å². The van der Waals surface area contributed by atoms with Crippen LogP contribution < -0.4 is 10.7 Å². The van der Waals surface area contributed by atoms with Crippen LogP contribution in [-0.2, 0) is 29.1 Å². The van der Waals surface area contributed by atoms with Gasteiger partial charge >= 0.3 is 0 Å². The van der Waals surface area contributed by atoms with E-state index >= 15 is 0 Å². The van der Waals surface area contributed by atoms with Crippen LogP contribution in [0, 0.1) is 0 Å². The summed E-state index contributed by atoms with van der Waals surface area (Å²) in [6, 6.07) is 9.62. The number of carboxylic acids is 1. The topological polar surface area (TPSA) is 84.2 Å². The first-order valence-electron chi connectivity index (χ1n) is 9.46. The second kappa shape index (κ2) is 7.93. The van der Waals surface area contributed by atoms with Crippen LogP contribution in [0.1, 0.15) is 36.3 Å². The predicted molar refractivity (Wildman–Crippen MR) is 112 cm³/mol. The molecule has 1 atom stereocenters. The molecule has 0 saturated carbocycles. The number of fused-ring (bicyclic) bond motifs is 3. The van der Waals surface area contributed by atoms with E-state index in [0.29, 0.717) is 34.9 Å². The monoisotopic (exact) mass is 429 g/mol. The van der Waals surface area contributed by atoms with E-state index in [1.54, 1.807) is 4.57 Å². The second-order valence-corrected chi connectivity index (χ2v) is 9.41. The van der Waals surface area contributed by atoms with Crippen molar-refractivity contribution in [2.45, 2.75) is 50.6 Å². The first kappa shape index (κ1) is 20.1. The third-order valence-corrected chi connectivity index (χ3v) is 7.36. The maximum Gasteiger partial charge on any atom is 0.263 e. The van der Waals surface area contributed by atoms with Crippen LogP contribution in [0.25, 0.3) is 10.2 Å². The molecule has 0 aliphatic carbocycles. The minimum Gasteiger partial charge on any atom is -0.549 e. The molecule has 0 saturated heterocycles. The van der Waals surface area contributed by atoms with E-state index in [2.05, 4.69) is 18.8 Å². The fraction of sp³-hybridized carbons (Fsp3) is 0.381. The van der Waals surface area contributed by atoms with Crippen molar-refractivity contribution in [2.75, 3.05) is 5.75 Å². The van der Waals surface area contributed by atoms with Crippen LogP contribution in [-0.4, -0.2) is 26.9 Å². The first-order chi connectivity index (χ1) is 13.9. The lowest BCUT2D eigenvalue weighted by Gasteiger charge is -2.32. The molecular weight excluding hydrogens is 408 g/mol. The Balaban J connectivity index is 1.87. The van der Waals surface area contributed by atoms with Gasteiger partial charge < -0.3 is 14.6 Å². The average molecular weight is 430 g/mol. The van der Waals surface area contributed by atoms with Crippen molar-refractivity contribution in [3.8, 4) is 0 Å². The Kier molecular flexibility index (Phi) is 5.50. The molecule has 3 heterocycles. The Hall–Kier alpha value is -2.16. The lowest BCUT2D eigenvalue weighted by molar-refractivity contribution is -0.301. The Bertz CT molecular complexity index is 1120. The number of thiophene rings is 1. The number of hydrogen-bond donors (Lipinski definition) is 0. The number of thioether (sulfide) groups is 1. The van der Waals surface area contributed by atoms with Crippen LogP contribution in [0.2, 0.25) is 0 Å². The van der Waals surface area contributed by atoms with Gasteiger partial charge in [0.25, 0.3) is 5.56 Å². The quantitative estimate of drug-likeness (QED) is 0.442. The smallest absolute Gasteiger partial charge is 0.263 e. The van der Waals surface area contributed by atoms with E-state index in [1.165, 1.54) is 11.3 Å².